The zero-order chi connectivity index (χ0) is 17.8. The van der Waals surface area contributed by atoms with Gasteiger partial charge < -0.3 is 15.7 Å². The topological polar surface area (TPSA) is 118 Å². The van der Waals surface area contributed by atoms with Gasteiger partial charge in [0, 0.05) is 51.9 Å². The third-order valence-electron chi connectivity index (χ3n) is 5.64. The number of nitrogens with one attached hydrogen (secondary N) is 2. The van der Waals surface area contributed by atoms with Crippen molar-refractivity contribution in [3.63, 3.8) is 0 Å². The number of rotatable bonds is 5. The number of nitrogens with two attached hydrogens (primary N) is 1. The Hall–Kier alpha value is -1.42. The Morgan fingerprint density at radius 1 is 1.16 bits per heavy atom. The fraction of sp³-hybridized carbons (Fsp3) is 0.875. The number of carbonyl (C=O) groups is 1. The van der Waals surface area contributed by atoms with E-state index in [4.69, 9.17) is 21.1 Å². The first kappa shape index (κ1) is 18.4. The first-order valence-electron chi connectivity index (χ1n) is 9.18. The van der Waals surface area contributed by atoms with Crippen molar-refractivity contribution in [2.45, 2.75) is 31.4 Å². The fourth-order valence-corrected chi connectivity index (χ4v) is 4.12. The van der Waals surface area contributed by atoms with E-state index in [-0.39, 0.29) is 18.6 Å². The van der Waals surface area contributed by atoms with Crippen LogP contribution in [0.25, 0.3) is 0 Å². The third-order valence-corrected chi connectivity index (χ3v) is 5.64. The highest BCUT2D eigenvalue weighted by atomic mass is 16.7. The average Bonchev–Trinajstić information content (AvgIpc) is 3.05. The Morgan fingerprint density at radius 2 is 1.80 bits per heavy atom. The highest BCUT2D eigenvalue weighted by Crippen LogP contribution is 2.27. The maximum atomic E-state index is 10.8. The molecule has 0 aliphatic carbocycles. The minimum absolute atomic E-state index is 0.135. The van der Waals surface area contributed by atoms with Crippen LogP contribution in [0.3, 0.4) is 0 Å². The Labute approximate surface area is 148 Å². The summed E-state index contributed by atoms with van der Waals surface area (Å²) in [4.78, 5) is 22.9. The second-order valence-corrected chi connectivity index (χ2v) is 7.38. The SMILES string of the molecule is N=C(N)N1CCC(C2CC(CN3CCN(CC(=O)O)CC3)ON2)CC1. The first-order valence-corrected chi connectivity index (χ1v) is 9.18. The molecule has 9 nitrogen and oxygen atoms in total. The summed E-state index contributed by atoms with van der Waals surface area (Å²) >= 11 is 0. The zero-order valence-corrected chi connectivity index (χ0v) is 14.7. The van der Waals surface area contributed by atoms with Gasteiger partial charge in [-0.25, -0.2) is 0 Å². The van der Waals surface area contributed by atoms with Crippen LogP contribution in [0.4, 0.5) is 0 Å². The fourth-order valence-electron chi connectivity index (χ4n) is 4.12. The molecule has 142 valence electrons. The van der Waals surface area contributed by atoms with Crippen LogP contribution in [0.1, 0.15) is 19.3 Å². The standard InChI is InChI=1S/C16H30N6O3/c17-16(18)22-3-1-12(2-4-22)14-9-13(25-19-14)10-20-5-7-21(8-6-20)11-15(23)24/h12-14,19H,1-11H2,(H3,17,18)(H,23,24). The van der Waals surface area contributed by atoms with E-state index < -0.39 is 5.97 Å². The van der Waals surface area contributed by atoms with Crippen LogP contribution in [-0.4, -0.2) is 96.2 Å². The van der Waals surface area contributed by atoms with Crippen LogP contribution >= 0.6 is 0 Å². The van der Waals surface area contributed by atoms with Gasteiger partial charge in [0.25, 0.3) is 0 Å². The molecular formula is C16H30N6O3. The molecule has 0 aromatic heterocycles. The molecule has 0 aromatic rings. The van der Waals surface area contributed by atoms with Crippen molar-refractivity contribution in [1.82, 2.24) is 20.2 Å². The minimum atomic E-state index is -0.754. The van der Waals surface area contributed by atoms with E-state index in [9.17, 15) is 4.79 Å². The normalized spacial score (nSPS) is 29.8. The lowest BCUT2D eigenvalue weighted by molar-refractivity contribution is -0.138. The van der Waals surface area contributed by atoms with Crippen molar-refractivity contribution in [1.29, 1.82) is 5.41 Å². The van der Waals surface area contributed by atoms with E-state index in [1.54, 1.807) is 0 Å². The highest BCUT2D eigenvalue weighted by Gasteiger charge is 2.35. The van der Waals surface area contributed by atoms with Crippen molar-refractivity contribution in [3.05, 3.63) is 0 Å². The van der Waals surface area contributed by atoms with Crippen molar-refractivity contribution >= 4 is 11.9 Å². The van der Waals surface area contributed by atoms with E-state index >= 15 is 0 Å². The summed E-state index contributed by atoms with van der Waals surface area (Å²) in [7, 11) is 0. The average molecular weight is 354 g/mol. The molecule has 3 saturated heterocycles. The van der Waals surface area contributed by atoms with Crippen LogP contribution < -0.4 is 11.2 Å². The van der Waals surface area contributed by atoms with Gasteiger partial charge in [-0.05, 0) is 25.2 Å². The number of nitrogens with zero attached hydrogens (tertiary/aromatic N) is 3. The second-order valence-electron chi connectivity index (χ2n) is 7.38. The number of carboxylic acid groups (broad SMARTS) is 1. The summed E-state index contributed by atoms with van der Waals surface area (Å²) in [6, 6.07) is 0.382. The third kappa shape index (κ3) is 5.04. The molecular weight excluding hydrogens is 324 g/mol. The van der Waals surface area contributed by atoms with Gasteiger partial charge in [-0.1, -0.05) is 0 Å². The Bertz CT molecular complexity index is 474. The molecule has 3 aliphatic rings. The maximum absolute atomic E-state index is 10.8. The monoisotopic (exact) mass is 354 g/mol. The van der Waals surface area contributed by atoms with Crippen molar-refractivity contribution in [2.24, 2.45) is 11.7 Å². The minimum Gasteiger partial charge on any atom is -0.480 e. The zero-order valence-electron chi connectivity index (χ0n) is 14.7. The summed E-state index contributed by atoms with van der Waals surface area (Å²) in [5.41, 5.74) is 8.78. The number of hydrogen-bond acceptors (Lipinski definition) is 6. The summed E-state index contributed by atoms with van der Waals surface area (Å²) in [5.74, 6) is -0.00236. The van der Waals surface area contributed by atoms with Crippen LogP contribution in [0.5, 0.6) is 0 Å². The van der Waals surface area contributed by atoms with E-state index in [1.165, 1.54) is 0 Å². The molecule has 3 aliphatic heterocycles. The van der Waals surface area contributed by atoms with E-state index in [2.05, 4.69) is 10.4 Å². The van der Waals surface area contributed by atoms with Crippen molar-refractivity contribution in [2.75, 3.05) is 52.4 Å². The van der Waals surface area contributed by atoms with Gasteiger partial charge in [-0.15, -0.1) is 0 Å². The Kier molecular flexibility index (Phi) is 6.10. The van der Waals surface area contributed by atoms with Gasteiger partial charge in [0.2, 0.25) is 0 Å². The van der Waals surface area contributed by atoms with Crippen molar-refractivity contribution in [3.8, 4) is 0 Å². The molecule has 25 heavy (non-hydrogen) atoms. The molecule has 0 saturated carbocycles. The molecule has 2 atom stereocenters. The largest absolute Gasteiger partial charge is 0.480 e. The molecule has 9 heteroatoms. The van der Waals surface area contributed by atoms with Gasteiger partial charge in [-0.3, -0.25) is 24.8 Å². The number of carboxylic acids is 1. The van der Waals surface area contributed by atoms with Crippen LogP contribution in [0.15, 0.2) is 0 Å². The van der Waals surface area contributed by atoms with Gasteiger partial charge in [-0.2, -0.15) is 5.48 Å². The lowest BCUT2D eigenvalue weighted by atomic mass is 9.87. The van der Waals surface area contributed by atoms with E-state index in [0.717, 1.165) is 65.1 Å². The molecule has 3 rings (SSSR count). The van der Waals surface area contributed by atoms with Gasteiger partial charge in [0.05, 0.1) is 12.6 Å². The first-order chi connectivity index (χ1) is 12.0. The number of hydrogen-bond donors (Lipinski definition) is 4. The lowest BCUT2D eigenvalue weighted by Crippen LogP contribution is -2.49. The molecule has 3 heterocycles. The number of piperazine rings is 1. The molecule has 2 unspecified atom stereocenters. The van der Waals surface area contributed by atoms with Gasteiger partial charge >= 0.3 is 5.97 Å². The van der Waals surface area contributed by atoms with Gasteiger partial charge in [0.15, 0.2) is 5.96 Å². The summed E-state index contributed by atoms with van der Waals surface area (Å²) in [6.45, 7) is 6.15. The molecule has 0 spiro atoms. The lowest BCUT2D eigenvalue weighted by Gasteiger charge is -2.35. The van der Waals surface area contributed by atoms with Gasteiger partial charge in [0.1, 0.15) is 0 Å². The molecule has 0 bridgehead atoms. The Morgan fingerprint density at radius 3 is 2.40 bits per heavy atom. The van der Waals surface area contributed by atoms with Crippen LogP contribution in [-0.2, 0) is 9.63 Å². The number of likely N-dealkylation sites (tertiary alicyclic amines) is 1. The number of hydroxylamine groups is 1. The van der Waals surface area contributed by atoms with Crippen LogP contribution in [0.2, 0.25) is 0 Å². The van der Waals surface area contributed by atoms with E-state index in [1.807, 2.05) is 9.80 Å². The number of aliphatic carboxylic acids is 1. The summed E-state index contributed by atoms with van der Waals surface area (Å²) in [5, 5.41) is 16.4. The maximum Gasteiger partial charge on any atom is 0.317 e. The van der Waals surface area contributed by atoms with Crippen LogP contribution in [0, 0.1) is 11.3 Å². The molecule has 3 fully saturated rings. The predicted molar refractivity (Wildman–Crippen MR) is 93.1 cm³/mol. The predicted octanol–water partition coefficient (Wildman–Crippen LogP) is -1.04. The molecule has 5 N–H and O–H groups in total. The van der Waals surface area contributed by atoms with E-state index in [0.29, 0.717) is 12.0 Å². The Balaban J connectivity index is 1.36. The quantitative estimate of drug-likeness (QED) is 0.365. The van der Waals surface area contributed by atoms with Crippen molar-refractivity contribution < 1.29 is 14.7 Å². The summed E-state index contributed by atoms with van der Waals surface area (Å²) in [6.07, 6.45) is 3.30. The number of piperidine rings is 1. The number of guanidine groups is 1. The molecule has 0 amide bonds. The smallest absolute Gasteiger partial charge is 0.317 e. The molecule has 0 aromatic carbocycles. The second kappa shape index (κ2) is 8.31. The molecule has 0 radical (unpaired) electrons. The summed E-state index contributed by atoms with van der Waals surface area (Å²) < 4.78 is 0. The highest BCUT2D eigenvalue weighted by molar-refractivity contribution is 5.74.